The number of amides is 1. The predicted octanol–water partition coefficient (Wildman–Crippen LogP) is 3.39. The number of hydrogen-bond donors (Lipinski definition) is 2. The number of carbonyl (C=O) groups is 1. The third kappa shape index (κ3) is 5.82. The number of fused-ring (bicyclic) bond motifs is 1. The molecular formula is C22H26Cl2N4O. The third-order valence-electron chi connectivity index (χ3n) is 5.08. The van der Waals surface area contributed by atoms with Gasteiger partial charge < -0.3 is 15.2 Å². The second-order valence-electron chi connectivity index (χ2n) is 6.92. The molecule has 4 rings (SSSR count). The van der Waals surface area contributed by atoms with Gasteiger partial charge in [-0.2, -0.15) is 0 Å². The zero-order valence-electron chi connectivity index (χ0n) is 16.1. The topological polar surface area (TPSA) is 59.0 Å². The van der Waals surface area contributed by atoms with Gasteiger partial charge in [0.15, 0.2) is 0 Å². The van der Waals surface area contributed by atoms with Gasteiger partial charge in [0, 0.05) is 31.0 Å². The van der Waals surface area contributed by atoms with E-state index in [1.165, 1.54) is 16.7 Å². The summed E-state index contributed by atoms with van der Waals surface area (Å²) < 4.78 is 2.03. The highest BCUT2D eigenvalue weighted by Gasteiger charge is 2.12. The standard InChI is InChI=1S/C22H24N4O.2ClH/c27-22(19-6-5-17-7-9-23-10-8-18(17)13-19)25-14-20-3-1-2-4-21(20)15-26-12-11-24-16-26;;/h1-6,11-13,16,23H,7-10,14-15H2,(H,25,27);2*1H. The molecule has 3 aromatic rings. The van der Waals surface area contributed by atoms with Crippen LogP contribution in [0.2, 0.25) is 0 Å². The van der Waals surface area contributed by atoms with Gasteiger partial charge in [-0.05, 0) is 60.3 Å². The molecule has 7 heteroatoms. The van der Waals surface area contributed by atoms with Gasteiger partial charge in [-0.3, -0.25) is 4.79 Å². The molecule has 0 saturated carbocycles. The third-order valence-corrected chi connectivity index (χ3v) is 5.08. The van der Waals surface area contributed by atoms with Crippen LogP contribution in [0.1, 0.15) is 32.6 Å². The molecule has 0 aliphatic carbocycles. The zero-order chi connectivity index (χ0) is 18.5. The van der Waals surface area contributed by atoms with Gasteiger partial charge in [-0.1, -0.05) is 30.3 Å². The molecule has 1 aliphatic rings. The van der Waals surface area contributed by atoms with Crippen molar-refractivity contribution in [2.45, 2.75) is 25.9 Å². The van der Waals surface area contributed by atoms with Crippen LogP contribution in [-0.2, 0) is 25.9 Å². The molecule has 0 atom stereocenters. The molecule has 2 aromatic carbocycles. The molecule has 0 saturated heterocycles. The zero-order valence-corrected chi connectivity index (χ0v) is 17.8. The Morgan fingerprint density at radius 1 is 1.03 bits per heavy atom. The lowest BCUT2D eigenvalue weighted by molar-refractivity contribution is 0.0950. The number of nitrogens with zero attached hydrogens (tertiary/aromatic N) is 2. The van der Waals surface area contributed by atoms with Crippen molar-refractivity contribution in [1.29, 1.82) is 0 Å². The van der Waals surface area contributed by atoms with E-state index < -0.39 is 0 Å². The number of hydrogen-bond acceptors (Lipinski definition) is 3. The number of aromatic nitrogens is 2. The Labute approximate surface area is 183 Å². The molecule has 29 heavy (non-hydrogen) atoms. The Bertz CT molecular complexity index is 928. The van der Waals surface area contributed by atoms with E-state index in [2.05, 4.69) is 39.9 Å². The van der Waals surface area contributed by atoms with Crippen LogP contribution in [0.3, 0.4) is 0 Å². The highest BCUT2D eigenvalue weighted by molar-refractivity contribution is 5.94. The fourth-order valence-corrected chi connectivity index (χ4v) is 3.55. The summed E-state index contributed by atoms with van der Waals surface area (Å²) >= 11 is 0. The van der Waals surface area contributed by atoms with E-state index in [1.807, 2.05) is 29.0 Å². The van der Waals surface area contributed by atoms with Crippen molar-refractivity contribution in [3.05, 3.63) is 89.0 Å². The minimum Gasteiger partial charge on any atom is -0.348 e. The molecule has 0 fully saturated rings. The number of carbonyl (C=O) groups excluding carboxylic acids is 1. The first-order chi connectivity index (χ1) is 13.3. The summed E-state index contributed by atoms with van der Waals surface area (Å²) in [6, 6.07) is 14.3. The van der Waals surface area contributed by atoms with Crippen molar-refractivity contribution in [2.75, 3.05) is 13.1 Å². The maximum absolute atomic E-state index is 12.7. The van der Waals surface area contributed by atoms with Gasteiger partial charge in [-0.25, -0.2) is 4.98 Å². The van der Waals surface area contributed by atoms with Crippen molar-refractivity contribution in [1.82, 2.24) is 20.2 Å². The fourth-order valence-electron chi connectivity index (χ4n) is 3.55. The van der Waals surface area contributed by atoms with Crippen LogP contribution < -0.4 is 10.6 Å². The van der Waals surface area contributed by atoms with Crippen LogP contribution in [0.4, 0.5) is 0 Å². The molecule has 1 aromatic heterocycles. The highest BCUT2D eigenvalue weighted by atomic mass is 35.5. The Balaban J connectivity index is 0.00000150. The van der Waals surface area contributed by atoms with E-state index in [9.17, 15) is 4.79 Å². The smallest absolute Gasteiger partial charge is 0.251 e. The molecule has 154 valence electrons. The predicted molar refractivity (Wildman–Crippen MR) is 120 cm³/mol. The van der Waals surface area contributed by atoms with Crippen molar-refractivity contribution in [2.24, 2.45) is 0 Å². The maximum atomic E-state index is 12.7. The molecule has 5 nitrogen and oxygen atoms in total. The van der Waals surface area contributed by atoms with E-state index in [0.717, 1.165) is 43.6 Å². The minimum atomic E-state index is -0.0209. The molecule has 2 N–H and O–H groups in total. The number of benzene rings is 2. The molecular weight excluding hydrogens is 407 g/mol. The summed E-state index contributed by atoms with van der Waals surface area (Å²) in [5.74, 6) is -0.0209. The Hall–Kier alpha value is -2.34. The summed E-state index contributed by atoms with van der Waals surface area (Å²) in [5, 5.41) is 6.48. The first kappa shape index (κ1) is 22.9. The van der Waals surface area contributed by atoms with E-state index >= 15 is 0 Å². The molecule has 1 aliphatic heterocycles. The number of rotatable bonds is 5. The van der Waals surface area contributed by atoms with Gasteiger partial charge in [-0.15, -0.1) is 24.8 Å². The SMILES string of the molecule is Cl.Cl.O=C(NCc1ccccc1Cn1ccnc1)c1ccc2c(c1)CCNCC2. The molecule has 0 radical (unpaired) electrons. The normalized spacial score (nSPS) is 12.7. The van der Waals surface area contributed by atoms with Crippen LogP contribution in [0.25, 0.3) is 0 Å². The Morgan fingerprint density at radius 2 is 1.79 bits per heavy atom. The highest BCUT2D eigenvalue weighted by Crippen LogP contribution is 2.16. The minimum absolute atomic E-state index is 0. The lowest BCUT2D eigenvalue weighted by atomic mass is 9.99. The average molecular weight is 433 g/mol. The average Bonchev–Trinajstić information content (AvgIpc) is 3.09. The maximum Gasteiger partial charge on any atom is 0.251 e. The van der Waals surface area contributed by atoms with Gasteiger partial charge in [0.1, 0.15) is 0 Å². The Kier molecular flexibility index (Phi) is 8.70. The second-order valence-corrected chi connectivity index (χ2v) is 6.92. The summed E-state index contributed by atoms with van der Waals surface area (Å²) in [7, 11) is 0. The lowest BCUT2D eigenvalue weighted by Crippen LogP contribution is -2.24. The van der Waals surface area contributed by atoms with Crippen LogP contribution in [0.15, 0.2) is 61.2 Å². The van der Waals surface area contributed by atoms with Crippen LogP contribution in [0.5, 0.6) is 0 Å². The molecule has 0 bridgehead atoms. The molecule has 0 unspecified atom stereocenters. The number of nitrogens with one attached hydrogen (secondary N) is 2. The van der Waals surface area contributed by atoms with Gasteiger partial charge in [0.25, 0.3) is 5.91 Å². The van der Waals surface area contributed by atoms with E-state index in [1.54, 1.807) is 12.5 Å². The first-order valence-corrected chi connectivity index (χ1v) is 9.43. The number of imidazole rings is 1. The van der Waals surface area contributed by atoms with Gasteiger partial charge >= 0.3 is 0 Å². The van der Waals surface area contributed by atoms with E-state index in [0.29, 0.717) is 6.54 Å². The van der Waals surface area contributed by atoms with Gasteiger partial charge in [0.2, 0.25) is 0 Å². The van der Waals surface area contributed by atoms with E-state index in [4.69, 9.17) is 0 Å². The second kappa shape index (κ2) is 11.0. The van der Waals surface area contributed by atoms with Crippen LogP contribution >= 0.6 is 24.8 Å². The van der Waals surface area contributed by atoms with Crippen LogP contribution in [-0.4, -0.2) is 28.5 Å². The molecule has 1 amide bonds. The van der Waals surface area contributed by atoms with Crippen LogP contribution in [0, 0.1) is 0 Å². The molecule has 2 heterocycles. The first-order valence-electron chi connectivity index (χ1n) is 9.43. The summed E-state index contributed by atoms with van der Waals surface area (Å²) in [4.78, 5) is 16.8. The quantitative estimate of drug-likeness (QED) is 0.649. The molecule has 0 spiro atoms. The van der Waals surface area contributed by atoms with Crippen molar-refractivity contribution < 1.29 is 4.79 Å². The Morgan fingerprint density at radius 3 is 2.55 bits per heavy atom. The summed E-state index contributed by atoms with van der Waals surface area (Å²) in [5.41, 5.74) is 5.68. The number of halogens is 2. The van der Waals surface area contributed by atoms with Gasteiger partial charge in [0.05, 0.1) is 6.33 Å². The largest absolute Gasteiger partial charge is 0.348 e. The monoisotopic (exact) mass is 432 g/mol. The summed E-state index contributed by atoms with van der Waals surface area (Å²) in [6.07, 6.45) is 7.53. The summed E-state index contributed by atoms with van der Waals surface area (Å²) in [6.45, 7) is 3.24. The fraction of sp³-hybridized carbons (Fsp3) is 0.273. The van der Waals surface area contributed by atoms with E-state index in [-0.39, 0.29) is 30.7 Å². The van der Waals surface area contributed by atoms with Crippen molar-refractivity contribution >= 4 is 30.7 Å². The van der Waals surface area contributed by atoms with Crippen molar-refractivity contribution in [3.63, 3.8) is 0 Å². The van der Waals surface area contributed by atoms with Crippen molar-refractivity contribution in [3.8, 4) is 0 Å². The lowest BCUT2D eigenvalue weighted by Gasteiger charge is -2.12.